The van der Waals surface area contributed by atoms with Gasteiger partial charge in [-0.2, -0.15) is 0 Å². The van der Waals surface area contributed by atoms with Gasteiger partial charge in [0.1, 0.15) is 5.75 Å². The lowest BCUT2D eigenvalue weighted by atomic mass is 9.75. The number of ether oxygens (including phenoxy) is 1. The molecule has 2 aliphatic rings. The molecule has 4 rings (SSSR count). The molecule has 2 aromatic carbocycles. The summed E-state index contributed by atoms with van der Waals surface area (Å²) in [7, 11) is 1.76. The molecule has 1 aliphatic heterocycles. The summed E-state index contributed by atoms with van der Waals surface area (Å²) in [6.07, 6.45) is 4.39. The van der Waals surface area contributed by atoms with Crippen LogP contribution < -0.4 is 15.8 Å². The van der Waals surface area contributed by atoms with Gasteiger partial charge in [-0.05, 0) is 54.7 Å². The predicted octanol–water partition coefficient (Wildman–Crippen LogP) is 3.65. The van der Waals surface area contributed by atoms with E-state index in [1.165, 1.54) is 17.5 Å². The molecule has 2 aromatic rings. The fourth-order valence-corrected chi connectivity index (χ4v) is 4.70. The van der Waals surface area contributed by atoms with Gasteiger partial charge < -0.3 is 10.5 Å². The molecule has 4 unspecified atom stereocenters. The van der Waals surface area contributed by atoms with E-state index in [2.05, 4.69) is 53.8 Å². The van der Waals surface area contributed by atoms with Gasteiger partial charge in [0.05, 0.1) is 12.8 Å². The summed E-state index contributed by atoms with van der Waals surface area (Å²) < 4.78 is 5.58. The van der Waals surface area contributed by atoms with Crippen LogP contribution in [0.5, 0.6) is 5.75 Å². The molecule has 4 atom stereocenters. The van der Waals surface area contributed by atoms with Gasteiger partial charge in [-0.3, -0.25) is 5.32 Å². The molecule has 126 valence electrons. The maximum Gasteiger partial charge on any atom is 0.122 e. The summed E-state index contributed by atoms with van der Waals surface area (Å²) in [5.41, 5.74) is 9.05. The minimum absolute atomic E-state index is 0.192. The van der Waals surface area contributed by atoms with Crippen LogP contribution in [0.25, 0.3) is 0 Å². The Morgan fingerprint density at radius 3 is 2.67 bits per heavy atom. The summed E-state index contributed by atoms with van der Waals surface area (Å²) in [4.78, 5) is 0. The van der Waals surface area contributed by atoms with Crippen LogP contribution in [-0.4, -0.2) is 12.8 Å². The van der Waals surface area contributed by atoms with Gasteiger partial charge in [0.15, 0.2) is 0 Å². The molecule has 1 saturated heterocycles. The smallest absolute Gasteiger partial charge is 0.122 e. The third-order valence-electron chi connectivity index (χ3n) is 5.87. The van der Waals surface area contributed by atoms with E-state index in [1.807, 2.05) is 6.07 Å². The van der Waals surface area contributed by atoms with Crippen LogP contribution in [0.3, 0.4) is 0 Å². The van der Waals surface area contributed by atoms with Crippen molar-refractivity contribution in [3.05, 3.63) is 65.7 Å². The van der Waals surface area contributed by atoms with Crippen molar-refractivity contribution in [1.82, 2.24) is 5.32 Å². The van der Waals surface area contributed by atoms with E-state index in [-0.39, 0.29) is 5.66 Å². The molecule has 0 radical (unpaired) electrons. The zero-order valence-corrected chi connectivity index (χ0v) is 14.2. The highest BCUT2D eigenvalue weighted by atomic mass is 16.5. The molecule has 3 heteroatoms. The second-order valence-electron chi connectivity index (χ2n) is 7.37. The molecule has 1 aliphatic carbocycles. The highest BCUT2D eigenvalue weighted by molar-refractivity contribution is 5.35. The predicted molar refractivity (Wildman–Crippen MR) is 96.8 cm³/mol. The summed E-state index contributed by atoms with van der Waals surface area (Å²) in [5.74, 6) is 2.21. The zero-order valence-electron chi connectivity index (χ0n) is 14.2. The number of nitrogens with two attached hydrogens (primary N) is 1. The average Bonchev–Trinajstić information content (AvgIpc) is 2.95. The fourth-order valence-electron chi connectivity index (χ4n) is 4.70. The number of benzene rings is 2. The molecule has 3 N–H and O–H groups in total. The van der Waals surface area contributed by atoms with Crippen LogP contribution in [0.15, 0.2) is 54.6 Å². The minimum atomic E-state index is -0.192. The number of piperidine rings is 1. The fraction of sp³-hybridized carbons (Fsp3) is 0.429. The summed E-state index contributed by atoms with van der Waals surface area (Å²) >= 11 is 0. The van der Waals surface area contributed by atoms with Crippen LogP contribution in [0.4, 0.5) is 0 Å². The number of para-hydroxylation sites is 1. The molecule has 1 saturated carbocycles. The van der Waals surface area contributed by atoms with Crippen molar-refractivity contribution < 1.29 is 4.74 Å². The van der Waals surface area contributed by atoms with Crippen LogP contribution in [0, 0.1) is 11.8 Å². The number of methoxy groups -OCH3 is 1. The lowest BCUT2D eigenvalue weighted by Gasteiger charge is -2.43. The van der Waals surface area contributed by atoms with Crippen LogP contribution in [0.1, 0.15) is 36.4 Å². The second-order valence-corrected chi connectivity index (χ2v) is 7.37. The molecule has 0 aromatic heterocycles. The second kappa shape index (κ2) is 6.23. The first-order chi connectivity index (χ1) is 11.7. The summed E-state index contributed by atoms with van der Waals surface area (Å²) in [5, 5.41) is 3.78. The van der Waals surface area contributed by atoms with Crippen LogP contribution in [-0.2, 0) is 6.42 Å². The van der Waals surface area contributed by atoms with Gasteiger partial charge in [-0.25, -0.2) is 0 Å². The van der Waals surface area contributed by atoms with Gasteiger partial charge in [-0.1, -0.05) is 48.5 Å². The molecule has 2 bridgehead atoms. The Labute approximate surface area is 144 Å². The first kappa shape index (κ1) is 15.7. The minimum Gasteiger partial charge on any atom is -0.496 e. The molecule has 0 spiro atoms. The summed E-state index contributed by atoms with van der Waals surface area (Å²) in [6, 6.07) is 19.5. The number of nitrogens with one attached hydrogen (secondary N) is 1. The van der Waals surface area contributed by atoms with E-state index < -0.39 is 0 Å². The molecule has 0 amide bonds. The Balaban J connectivity index is 1.68. The van der Waals surface area contributed by atoms with Crippen molar-refractivity contribution in [1.29, 1.82) is 0 Å². The number of hydrogen-bond donors (Lipinski definition) is 2. The largest absolute Gasteiger partial charge is 0.496 e. The molecule has 3 nitrogen and oxygen atoms in total. The molecular weight excluding hydrogens is 296 g/mol. The van der Waals surface area contributed by atoms with E-state index in [0.717, 1.165) is 25.0 Å². The van der Waals surface area contributed by atoms with E-state index in [1.54, 1.807) is 7.11 Å². The van der Waals surface area contributed by atoms with Crippen molar-refractivity contribution in [2.24, 2.45) is 17.6 Å². The molecule has 1 heterocycles. The SMILES string of the molecule is COc1ccccc1CC1C2CCC(N)(C2)NC1c1ccccc1. The third-order valence-corrected chi connectivity index (χ3v) is 5.87. The Kier molecular flexibility index (Phi) is 4.07. The highest BCUT2D eigenvalue weighted by Crippen LogP contribution is 2.48. The molecule has 2 fully saturated rings. The van der Waals surface area contributed by atoms with Gasteiger partial charge in [0.2, 0.25) is 0 Å². The Morgan fingerprint density at radius 1 is 1.12 bits per heavy atom. The Hall–Kier alpha value is -1.84. The van der Waals surface area contributed by atoms with Crippen molar-refractivity contribution in [3.8, 4) is 5.75 Å². The van der Waals surface area contributed by atoms with E-state index in [0.29, 0.717) is 17.9 Å². The van der Waals surface area contributed by atoms with Crippen molar-refractivity contribution in [2.45, 2.75) is 37.4 Å². The number of rotatable bonds is 4. The normalized spacial score (nSPS) is 31.8. The lowest BCUT2D eigenvalue weighted by molar-refractivity contribution is 0.145. The van der Waals surface area contributed by atoms with Gasteiger partial charge in [0.25, 0.3) is 0 Å². The van der Waals surface area contributed by atoms with E-state index >= 15 is 0 Å². The monoisotopic (exact) mass is 322 g/mol. The maximum absolute atomic E-state index is 6.60. The number of fused-ring (bicyclic) bond motifs is 2. The first-order valence-electron chi connectivity index (χ1n) is 8.92. The first-order valence-corrected chi connectivity index (χ1v) is 8.92. The van der Waals surface area contributed by atoms with Gasteiger partial charge in [0, 0.05) is 6.04 Å². The van der Waals surface area contributed by atoms with E-state index in [4.69, 9.17) is 10.5 Å². The van der Waals surface area contributed by atoms with Gasteiger partial charge >= 0.3 is 0 Å². The Bertz CT molecular complexity index is 702. The summed E-state index contributed by atoms with van der Waals surface area (Å²) in [6.45, 7) is 0. The van der Waals surface area contributed by atoms with Crippen LogP contribution in [0.2, 0.25) is 0 Å². The topological polar surface area (TPSA) is 47.3 Å². The van der Waals surface area contributed by atoms with Gasteiger partial charge in [-0.15, -0.1) is 0 Å². The number of hydrogen-bond acceptors (Lipinski definition) is 3. The molecule has 24 heavy (non-hydrogen) atoms. The highest BCUT2D eigenvalue weighted by Gasteiger charge is 2.48. The third kappa shape index (κ3) is 2.83. The zero-order chi connectivity index (χ0) is 16.6. The van der Waals surface area contributed by atoms with Crippen molar-refractivity contribution >= 4 is 0 Å². The lowest BCUT2D eigenvalue weighted by Crippen LogP contribution is -2.57. The quantitative estimate of drug-likeness (QED) is 0.903. The maximum atomic E-state index is 6.60. The van der Waals surface area contributed by atoms with Crippen LogP contribution >= 0.6 is 0 Å². The van der Waals surface area contributed by atoms with Crippen molar-refractivity contribution in [2.75, 3.05) is 7.11 Å². The Morgan fingerprint density at radius 2 is 1.88 bits per heavy atom. The van der Waals surface area contributed by atoms with Crippen molar-refractivity contribution in [3.63, 3.8) is 0 Å². The average molecular weight is 322 g/mol. The molecular formula is C21H26N2O. The standard InChI is InChI=1S/C21H26N2O/c1-24-19-10-6-5-9-16(19)13-18-17-11-12-21(22,14-17)23-20(18)15-7-3-2-4-8-15/h2-10,17-18,20,23H,11-14,22H2,1H3. The van der Waals surface area contributed by atoms with E-state index in [9.17, 15) is 0 Å².